The smallest absolute Gasteiger partial charge is 0.228 e. The van der Waals surface area contributed by atoms with Crippen LogP contribution in [0, 0.1) is 23.2 Å². The molecule has 2 N–H and O–H groups in total. The summed E-state index contributed by atoms with van der Waals surface area (Å²) in [5.74, 6) is 2.57. The van der Waals surface area contributed by atoms with Gasteiger partial charge in [-0.2, -0.15) is 5.26 Å². The molecule has 0 radical (unpaired) electrons. The number of anilines is 2. The summed E-state index contributed by atoms with van der Waals surface area (Å²) in [4.78, 5) is 21.3. The van der Waals surface area contributed by atoms with Crippen LogP contribution in [0.2, 0.25) is 0 Å². The summed E-state index contributed by atoms with van der Waals surface area (Å²) in [6.07, 6.45) is 8.84. The van der Waals surface area contributed by atoms with E-state index < -0.39 is 0 Å². The van der Waals surface area contributed by atoms with Crippen LogP contribution in [0.5, 0.6) is 5.75 Å². The summed E-state index contributed by atoms with van der Waals surface area (Å²) < 4.78 is 5.51. The van der Waals surface area contributed by atoms with Gasteiger partial charge in [-0.3, -0.25) is 4.79 Å². The van der Waals surface area contributed by atoms with E-state index in [2.05, 4.69) is 33.6 Å². The highest BCUT2D eigenvalue weighted by atomic mass is 16.5. The third-order valence-electron chi connectivity index (χ3n) is 5.56. The van der Waals surface area contributed by atoms with Gasteiger partial charge in [-0.05, 0) is 41.5 Å². The van der Waals surface area contributed by atoms with Gasteiger partial charge in [0.1, 0.15) is 24.0 Å². The highest BCUT2D eigenvalue weighted by molar-refractivity contribution is 6.01. The standard InChI is InChI=1S/C25H25N5O2/c1-16-12-20(16)25(31)30-23-13-21-18(14-29-24(27-2)22(21)15-28-23)7-4-17-5-8-19(9-6-17)32-11-3-10-26/h4-9,13-16,20H,3,11-12H2,1-2H3,(H,27,29)(H,28,30,31)/b7-4+/t16-,20+/m1/s1. The monoisotopic (exact) mass is 427 g/mol. The molecule has 3 aromatic rings. The van der Waals surface area contributed by atoms with Crippen molar-refractivity contribution >= 4 is 40.5 Å². The minimum atomic E-state index is 0.0291. The van der Waals surface area contributed by atoms with Crippen LogP contribution >= 0.6 is 0 Å². The zero-order valence-corrected chi connectivity index (χ0v) is 18.1. The number of amides is 1. The van der Waals surface area contributed by atoms with Gasteiger partial charge in [0.2, 0.25) is 5.91 Å². The Bertz CT molecular complexity index is 1200. The zero-order chi connectivity index (χ0) is 22.5. The third kappa shape index (κ3) is 4.86. The second-order valence-electron chi connectivity index (χ2n) is 7.89. The molecule has 1 aromatic carbocycles. The van der Waals surface area contributed by atoms with E-state index in [-0.39, 0.29) is 11.8 Å². The predicted octanol–water partition coefficient (Wildman–Crippen LogP) is 4.73. The number of nitriles is 1. The van der Waals surface area contributed by atoms with Gasteiger partial charge in [0.25, 0.3) is 0 Å². The molecule has 2 heterocycles. The zero-order valence-electron chi connectivity index (χ0n) is 18.1. The van der Waals surface area contributed by atoms with Crippen LogP contribution in [0.15, 0.2) is 42.7 Å². The SMILES string of the molecule is CNc1ncc(/C=C/c2ccc(OCCC#N)cc2)c2cc(NC(=O)[C@H]3C[C@H]3C)ncc12. The lowest BCUT2D eigenvalue weighted by atomic mass is 10.1. The molecule has 0 spiro atoms. The molecule has 7 nitrogen and oxygen atoms in total. The molecule has 1 aliphatic carbocycles. The minimum Gasteiger partial charge on any atom is -0.493 e. The first kappa shape index (κ1) is 21.3. The van der Waals surface area contributed by atoms with Crippen molar-refractivity contribution in [2.24, 2.45) is 11.8 Å². The molecule has 32 heavy (non-hydrogen) atoms. The van der Waals surface area contributed by atoms with Crippen LogP contribution in [-0.4, -0.2) is 29.5 Å². The van der Waals surface area contributed by atoms with Gasteiger partial charge in [-0.15, -0.1) is 0 Å². The van der Waals surface area contributed by atoms with Crippen molar-refractivity contribution < 1.29 is 9.53 Å². The fourth-order valence-corrected chi connectivity index (χ4v) is 3.54. The first-order valence-corrected chi connectivity index (χ1v) is 10.6. The van der Waals surface area contributed by atoms with Gasteiger partial charge < -0.3 is 15.4 Å². The van der Waals surface area contributed by atoms with Gasteiger partial charge >= 0.3 is 0 Å². The highest BCUT2D eigenvalue weighted by Gasteiger charge is 2.39. The maximum absolute atomic E-state index is 12.3. The number of hydrogen-bond acceptors (Lipinski definition) is 6. The van der Waals surface area contributed by atoms with Crippen LogP contribution < -0.4 is 15.4 Å². The summed E-state index contributed by atoms with van der Waals surface area (Å²) >= 11 is 0. The van der Waals surface area contributed by atoms with Gasteiger partial charge in [0.05, 0.1) is 12.5 Å². The molecule has 1 amide bonds. The number of ether oxygens (including phenoxy) is 1. The fraction of sp³-hybridized carbons (Fsp3) is 0.280. The lowest BCUT2D eigenvalue weighted by Crippen LogP contribution is -2.15. The van der Waals surface area contributed by atoms with E-state index in [4.69, 9.17) is 10.00 Å². The molecule has 1 saturated carbocycles. The number of carbonyl (C=O) groups is 1. The van der Waals surface area contributed by atoms with Crippen molar-refractivity contribution in [2.75, 3.05) is 24.3 Å². The summed E-state index contributed by atoms with van der Waals surface area (Å²) in [5.41, 5.74) is 1.93. The second kappa shape index (κ2) is 9.48. The molecule has 2 aromatic heterocycles. The Morgan fingerprint density at radius 1 is 1.22 bits per heavy atom. The Hall–Kier alpha value is -3.92. The van der Waals surface area contributed by atoms with Crippen LogP contribution in [0.25, 0.3) is 22.9 Å². The predicted molar refractivity (Wildman–Crippen MR) is 126 cm³/mol. The number of aromatic nitrogens is 2. The number of nitrogens with zero attached hydrogens (tertiary/aromatic N) is 3. The van der Waals surface area contributed by atoms with E-state index in [9.17, 15) is 4.79 Å². The van der Waals surface area contributed by atoms with Crippen molar-refractivity contribution in [1.82, 2.24) is 9.97 Å². The number of carbonyl (C=O) groups excluding carboxylic acids is 1. The Morgan fingerprint density at radius 3 is 2.69 bits per heavy atom. The largest absolute Gasteiger partial charge is 0.493 e. The van der Waals surface area contributed by atoms with E-state index in [1.807, 2.05) is 49.5 Å². The molecular formula is C25H25N5O2. The Morgan fingerprint density at radius 2 is 2.00 bits per heavy atom. The lowest BCUT2D eigenvalue weighted by Gasteiger charge is -2.10. The van der Waals surface area contributed by atoms with Crippen LogP contribution in [0.4, 0.5) is 11.6 Å². The number of pyridine rings is 2. The maximum Gasteiger partial charge on any atom is 0.228 e. The fourth-order valence-electron chi connectivity index (χ4n) is 3.54. The second-order valence-corrected chi connectivity index (χ2v) is 7.89. The number of nitrogens with one attached hydrogen (secondary N) is 2. The molecule has 4 rings (SSSR count). The van der Waals surface area contributed by atoms with Crippen molar-refractivity contribution in [3.8, 4) is 11.8 Å². The number of rotatable bonds is 8. The third-order valence-corrected chi connectivity index (χ3v) is 5.56. The first-order valence-electron chi connectivity index (χ1n) is 10.6. The Labute approximate surface area is 187 Å². The highest BCUT2D eigenvalue weighted by Crippen LogP contribution is 2.38. The molecule has 1 fully saturated rings. The quantitative estimate of drug-likeness (QED) is 0.504. The van der Waals surface area contributed by atoms with Gasteiger partial charge in [0.15, 0.2) is 0 Å². The summed E-state index contributed by atoms with van der Waals surface area (Å²) in [5, 5.41) is 16.5. The maximum atomic E-state index is 12.3. The number of fused-ring (bicyclic) bond motifs is 1. The molecule has 0 saturated heterocycles. The number of benzene rings is 1. The Kier molecular flexibility index (Phi) is 6.31. The van der Waals surface area contributed by atoms with Crippen LogP contribution in [0.3, 0.4) is 0 Å². The van der Waals surface area contributed by atoms with E-state index >= 15 is 0 Å². The summed E-state index contributed by atoms with van der Waals surface area (Å²) in [6.45, 7) is 2.46. The first-order chi connectivity index (χ1) is 15.6. The average molecular weight is 428 g/mol. The van der Waals surface area contributed by atoms with Gasteiger partial charge in [-0.25, -0.2) is 9.97 Å². The molecule has 0 unspecified atom stereocenters. The van der Waals surface area contributed by atoms with Crippen LogP contribution in [0.1, 0.15) is 30.9 Å². The van der Waals surface area contributed by atoms with E-state index in [1.54, 1.807) is 12.4 Å². The molecule has 0 bridgehead atoms. The Balaban J connectivity index is 1.57. The van der Waals surface area contributed by atoms with Crippen molar-refractivity contribution in [1.29, 1.82) is 5.26 Å². The molecule has 0 aliphatic heterocycles. The topological polar surface area (TPSA) is 99.9 Å². The van der Waals surface area contributed by atoms with E-state index in [1.165, 1.54) is 0 Å². The van der Waals surface area contributed by atoms with Crippen molar-refractivity contribution in [3.63, 3.8) is 0 Å². The molecular weight excluding hydrogens is 402 g/mol. The summed E-state index contributed by atoms with van der Waals surface area (Å²) in [7, 11) is 1.82. The van der Waals surface area contributed by atoms with E-state index in [0.717, 1.165) is 39.9 Å². The normalized spacial score (nSPS) is 17.2. The molecule has 7 heteroatoms. The van der Waals surface area contributed by atoms with Crippen molar-refractivity contribution in [3.05, 3.63) is 53.9 Å². The molecule has 162 valence electrons. The average Bonchev–Trinajstić information content (AvgIpc) is 3.55. The van der Waals surface area contributed by atoms with Gasteiger partial charge in [0, 0.05) is 36.3 Å². The van der Waals surface area contributed by atoms with Crippen LogP contribution in [-0.2, 0) is 4.79 Å². The van der Waals surface area contributed by atoms with E-state index in [0.29, 0.717) is 24.8 Å². The number of hydrogen-bond donors (Lipinski definition) is 2. The molecule has 2 atom stereocenters. The molecule has 1 aliphatic rings. The minimum absolute atomic E-state index is 0.0291. The summed E-state index contributed by atoms with van der Waals surface area (Å²) in [6, 6.07) is 11.6. The van der Waals surface area contributed by atoms with Crippen molar-refractivity contribution in [2.45, 2.75) is 19.8 Å². The van der Waals surface area contributed by atoms with Gasteiger partial charge in [-0.1, -0.05) is 31.2 Å². The lowest BCUT2D eigenvalue weighted by molar-refractivity contribution is -0.117.